The van der Waals surface area contributed by atoms with E-state index in [2.05, 4.69) is 42.4 Å². The van der Waals surface area contributed by atoms with Crippen LogP contribution >= 0.6 is 0 Å². The van der Waals surface area contributed by atoms with Crippen molar-refractivity contribution in [3.05, 3.63) is 96.1 Å². The van der Waals surface area contributed by atoms with Gasteiger partial charge < -0.3 is 43.3 Å². The highest BCUT2D eigenvalue weighted by Crippen LogP contribution is 2.29. The van der Waals surface area contributed by atoms with Gasteiger partial charge in [0.25, 0.3) is 0 Å². The van der Waals surface area contributed by atoms with Crippen molar-refractivity contribution in [2.45, 2.75) is 154 Å². The first-order valence-corrected chi connectivity index (χ1v) is 29.0. The number of hydrogen-bond donors (Lipinski definition) is 1. The standard InChI is InChI=1S/C24H29FN2O5.C23H29FN2O4.C4H8O.2C4H9.Al.H/c1-24(2,3)32-23(29)27-8-7-20(27)15-31-21-12-18(13-26-14-21)17-9-16(10-19(25)11-17)5-6-22(28)30-4;1-23(2,3)30-22(28)26-7-6-20(26)15-29-21-12-18(13-25-14-21)17-9-16(5-4-8-27)10-19(24)11-17;1-2-4-5-3-1;2*1-4(2)3;;/h9-14,20H,5-8,15H2,1-4H3;9-14,20,27H,4-8,15H2,1-3H3;1-4H2;2*4H,1H2,2-3H3;;/t2*20-;;;;;/m00...../s1. The van der Waals surface area contributed by atoms with Crippen LogP contribution in [0.4, 0.5) is 18.4 Å². The first-order chi connectivity index (χ1) is 36.0. The number of likely N-dealkylation sites (tertiary alicyclic amines) is 2. The second kappa shape index (κ2) is 31.8. The van der Waals surface area contributed by atoms with Crippen molar-refractivity contribution in [1.29, 1.82) is 0 Å². The number of methoxy groups -OCH3 is 1. The van der Waals surface area contributed by atoms with Crippen LogP contribution in [0.1, 0.15) is 119 Å². The molecule has 17 heteroatoms. The molecule has 0 spiro atoms. The largest absolute Gasteiger partial charge is 0.490 e. The van der Waals surface area contributed by atoms with Crippen molar-refractivity contribution < 1.29 is 56.7 Å². The molecular formula is C59H85AlF2N4O10. The van der Waals surface area contributed by atoms with Crippen LogP contribution in [-0.2, 0) is 36.6 Å². The highest BCUT2D eigenvalue weighted by Gasteiger charge is 2.37. The Balaban J connectivity index is 0.000000262. The van der Waals surface area contributed by atoms with E-state index in [1.807, 2.05) is 59.7 Å². The predicted molar refractivity (Wildman–Crippen MR) is 295 cm³/mol. The molecule has 1 N–H and O–H groups in total. The number of aryl methyl sites for hydroxylation is 2. The van der Waals surface area contributed by atoms with Crippen molar-refractivity contribution in [1.82, 2.24) is 19.8 Å². The Bertz CT molecular complexity index is 2390. The molecular weight excluding hydrogens is 990 g/mol. The van der Waals surface area contributed by atoms with E-state index < -0.39 is 17.0 Å². The summed E-state index contributed by atoms with van der Waals surface area (Å²) in [5, 5.41) is 12.1. The molecule has 4 aromatic rings. The Morgan fingerprint density at radius 3 is 1.47 bits per heavy atom. The first kappa shape index (κ1) is 63.2. The average Bonchev–Trinajstić information content (AvgIpc) is 3.92. The van der Waals surface area contributed by atoms with E-state index in [1.165, 1.54) is 54.8 Å². The molecule has 14 nitrogen and oxygen atoms in total. The number of benzene rings is 2. The summed E-state index contributed by atoms with van der Waals surface area (Å²) < 4.78 is 60.3. The summed E-state index contributed by atoms with van der Waals surface area (Å²) in [7, 11) is 1.33. The maximum atomic E-state index is 14.1. The molecule has 3 aliphatic rings. The topological polar surface area (TPSA) is 159 Å². The van der Waals surface area contributed by atoms with E-state index in [9.17, 15) is 23.2 Å². The summed E-state index contributed by atoms with van der Waals surface area (Å²) in [4.78, 5) is 47.6. The predicted octanol–water partition coefficient (Wildman–Crippen LogP) is 12.0. The van der Waals surface area contributed by atoms with Crippen molar-refractivity contribution in [3.8, 4) is 33.8 Å². The van der Waals surface area contributed by atoms with Gasteiger partial charge in [0.05, 0.1) is 31.6 Å². The normalized spacial score (nSPS) is 15.8. The molecule has 76 heavy (non-hydrogen) atoms. The molecule has 0 unspecified atom stereocenters. The molecule has 2 atom stereocenters. The number of amides is 2. The second-order valence-corrected chi connectivity index (χ2v) is 24.2. The van der Waals surface area contributed by atoms with E-state index in [4.69, 9.17) is 28.8 Å². The lowest BCUT2D eigenvalue weighted by molar-refractivity contribution is -0.140. The Kier molecular flexibility index (Phi) is 26.4. The van der Waals surface area contributed by atoms with Gasteiger partial charge in [-0.15, -0.1) is 0 Å². The van der Waals surface area contributed by atoms with Crippen LogP contribution < -0.4 is 9.47 Å². The average molecular weight is 1080 g/mol. The molecule has 418 valence electrons. The highest BCUT2D eigenvalue weighted by atomic mass is 27.1. The number of carbonyl (C=O) groups is 3. The highest BCUT2D eigenvalue weighted by molar-refractivity contribution is 6.35. The molecule has 0 bridgehead atoms. The molecule has 2 aromatic carbocycles. The summed E-state index contributed by atoms with van der Waals surface area (Å²) in [6.07, 6.45) is 11.8. The van der Waals surface area contributed by atoms with Gasteiger partial charge in [-0.2, -0.15) is 0 Å². The van der Waals surface area contributed by atoms with Gasteiger partial charge >= 0.3 is 18.2 Å². The molecule has 0 radical (unpaired) electrons. The number of rotatable bonds is 18. The van der Waals surface area contributed by atoms with Gasteiger partial charge in [0, 0.05) is 62.9 Å². The lowest BCUT2D eigenvalue weighted by Gasteiger charge is -2.41. The molecule has 2 amide bonds. The van der Waals surface area contributed by atoms with Crippen LogP contribution in [0.5, 0.6) is 11.5 Å². The van der Waals surface area contributed by atoms with Crippen molar-refractivity contribution in [3.63, 3.8) is 0 Å². The number of halogens is 2. The molecule has 0 saturated carbocycles. The number of pyridine rings is 2. The minimum Gasteiger partial charge on any atom is -0.490 e. The van der Waals surface area contributed by atoms with E-state index in [0.717, 1.165) is 49.0 Å². The van der Waals surface area contributed by atoms with Crippen molar-refractivity contribution >= 4 is 33.4 Å². The zero-order chi connectivity index (χ0) is 55.8. The maximum absolute atomic E-state index is 14.1. The molecule has 7 rings (SSSR count). The lowest BCUT2D eigenvalue weighted by atomic mass is 10.0. The number of aliphatic hydroxyl groups excluding tert-OH is 1. The Hall–Kier alpha value is -5.34. The van der Waals surface area contributed by atoms with E-state index in [-0.39, 0.29) is 49.1 Å². The number of nitrogens with zero attached hydrogens (tertiary/aromatic N) is 4. The van der Waals surface area contributed by atoms with Crippen LogP contribution in [-0.4, -0.2) is 135 Å². The van der Waals surface area contributed by atoms with Crippen LogP contribution in [0.3, 0.4) is 0 Å². The number of aromatic nitrogens is 2. The zero-order valence-corrected chi connectivity index (χ0v) is 48.5. The minimum absolute atomic E-state index is 0.0391. The first-order valence-electron chi connectivity index (χ1n) is 27.0. The summed E-state index contributed by atoms with van der Waals surface area (Å²) in [6, 6.07) is 13.0. The van der Waals surface area contributed by atoms with Gasteiger partial charge in [-0.1, -0.05) is 62.2 Å². The summed E-state index contributed by atoms with van der Waals surface area (Å²) >= 11 is 0.316. The van der Waals surface area contributed by atoms with Gasteiger partial charge in [-0.05, 0) is 145 Å². The zero-order valence-electron chi connectivity index (χ0n) is 47.1. The number of esters is 1. The Morgan fingerprint density at radius 1 is 0.671 bits per heavy atom. The van der Waals surface area contributed by atoms with E-state index >= 15 is 0 Å². The number of aliphatic hydroxyl groups is 1. The van der Waals surface area contributed by atoms with Crippen molar-refractivity contribution in [2.24, 2.45) is 11.8 Å². The molecule has 5 heterocycles. The molecule has 3 saturated heterocycles. The van der Waals surface area contributed by atoms with Crippen molar-refractivity contribution in [2.75, 3.05) is 53.2 Å². The Labute approximate surface area is 457 Å². The third-order valence-electron chi connectivity index (χ3n) is 12.3. The lowest BCUT2D eigenvalue weighted by Crippen LogP contribution is -2.55. The third kappa shape index (κ3) is 23.9. The van der Waals surface area contributed by atoms with Gasteiger partial charge in [-0.25, -0.2) is 18.4 Å². The van der Waals surface area contributed by atoms with Crippen LogP contribution in [0.15, 0.2) is 73.3 Å². The van der Waals surface area contributed by atoms with Crippen LogP contribution in [0.2, 0.25) is 10.6 Å². The van der Waals surface area contributed by atoms with Gasteiger partial charge in [0.1, 0.15) is 47.5 Å². The summed E-state index contributed by atoms with van der Waals surface area (Å²) in [5.41, 5.74) is 3.23. The smallest absolute Gasteiger partial charge is 0.410 e. The number of carbonyl (C=O) groups excluding carboxylic acids is 3. The minimum atomic E-state index is -0.545. The maximum Gasteiger partial charge on any atom is 0.410 e. The molecule has 2 aromatic heterocycles. The van der Waals surface area contributed by atoms with Crippen LogP contribution in [0.25, 0.3) is 22.3 Å². The third-order valence-corrected chi connectivity index (χ3v) is 15.4. The molecule has 3 aliphatic heterocycles. The molecule has 0 aliphatic carbocycles. The summed E-state index contributed by atoms with van der Waals surface area (Å²) in [5.74, 6) is 1.93. The number of hydrogen-bond acceptors (Lipinski definition) is 12. The monoisotopic (exact) mass is 1070 g/mol. The van der Waals surface area contributed by atoms with E-state index in [0.29, 0.717) is 94.5 Å². The van der Waals surface area contributed by atoms with Gasteiger partial charge in [-0.3, -0.25) is 14.8 Å². The molecule has 3 fully saturated rings. The number of ether oxygens (including phenoxy) is 6. The SMILES string of the molecule is C1CCOC1.CC(C)(C)OC(=O)N1CC[C@H]1COc1cncc(-c2cc(F)cc(CCCO)c2)c1.CC(C)[CH2][AlH][CH2]C(C)C.COC(=O)CCc1cc(F)cc(-c2cncc(OC[C@@H]3CCN3C(=O)OC(C)(C)C)c2)c1. The summed E-state index contributed by atoms with van der Waals surface area (Å²) in [6.45, 7) is 24.4. The fraction of sp³-hybridized carbons (Fsp3) is 0.576. The quantitative estimate of drug-likeness (QED) is 0.0572. The van der Waals surface area contributed by atoms with Crippen LogP contribution in [0, 0.1) is 23.5 Å². The van der Waals surface area contributed by atoms with Gasteiger partial charge in [0.2, 0.25) is 15.2 Å². The fourth-order valence-corrected chi connectivity index (χ4v) is 9.91. The van der Waals surface area contributed by atoms with Gasteiger partial charge in [0.15, 0.2) is 0 Å². The fourth-order valence-electron chi connectivity index (χ4n) is 8.05. The second-order valence-electron chi connectivity index (χ2n) is 22.3. The van der Waals surface area contributed by atoms with E-state index in [1.54, 1.807) is 40.7 Å². The Morgan fingerprint density at radius 2 is 1.12 bits per heavy atom.